The summed E-state index contributed by atoms with van der Waals surface area (Å²) in [5.74, 6) is 0.182. The Bertz CT molecular complexity index is 1390. The van der Waals surface area contributed by atoms with Gasteiger partial charge in [0.15, 0.2) is 15.3 Å². The molecule has 1 aromatic heterocycles. The lowest BCUT2D eigenvalue weighted by molar-refractivity contribution is 0.0662. The van der Waals surface area contributed by atoms with Gasteiger partial charge in [-0.2, -0.15) is 0 Å². The Morgan fingerprint density at radius 3 is 2.53 bits per heavy atom. The first-order valence-corrected chi connectivity index (χ1v) is 13.5. The minimum Gasteiger partial charge on any atom is -0.494 e. The summed E-state index contributed by atoms with van der Waals surface area (Å²) < 4.78 is 36.2. The number of carbonyl (C=O) groups is 1. The summed E-state index contributed by atoms with van der Waals surface area (Å²) in [5, 5.41) is 0.399. The highest BCUT2D eigenvalue weighted by atomic mass is 32.2. The summed E-state index contributed by atoms with van der Waals surface area (Å²) in [6, 6.07) is 12.9. The van der Waals surface area contributed by atoms with E-state index in [-0.39, 0.29) is 28.3 Å². The van der Waals surface area contributed by atoms with Gasteiger partial charge in [0.25, 0.3) is 5.91 Å². The van der Waals surface area contributed by atoms with Crippen LogP contribution < -0.4 is 10.2 Å². The number of fused-ring (bicyclic) bond motifs is 2. The third kappa shape index (κ3) is 4.00. The minimum absolute atomic E-state index is 0.00195. The minimum atomic E-state index is -3.24. The van der Waals surface area contributed by atoms with Crippen molar-refractivity contribution in [3.8, 4) is 5.75 Å². The van der Waals surface area contributed by atoms with Crippen LogP contribution >= 0.6 is 0 Å². The second kappa shape index (κ2) is 8.91. The van der Waals surface area contributed by atoms with E-state index >= 15 is 0 Å². The number of benzene rings is 2. The normalized spacial score (nSPS) is 21.2. The summed E-state index contributed by atoms with van der Waals surface area (Å²) in [4.78, 5) is 28.6. The topological polar surface area (TPSA) is 93.9 Å². The molecule has 0 saturated carbocycles. The quantitative estimate of drug-likeness (QED) is 0.472. The number of ether oxygens (including phenoxy) is 1. The van der Waals surface area contributed by atoms with Crippen LogP contribution in [-0.2, 0) is 9.84 Å². The van der Waals surface area contributed by atoms with E-state index in [0.29, 0.717) is 29.7 Å². The predicted molar refractivity (Wildman–Crippen MR) is 129 cm³/mol. The van der Waals surface area contributed by atoms with E-state index in [2.05, 4.69) is 6.92 Å². The van der Waals surface area contributed by atoms with E-state index in [9.17, 15) is 18.0 Å². The fraction of sp³-hybridized carbons (Fsp3) is 0.385. The van der Waals surface area contributed by atoms with Crippen LogP contribution in [-0.4, -0.2) is 43.4 Å². The fourth-order valence-corrected chi connectivity index (χ4v) is 6.64. The van der Waals surface area contributed by atoms with Crippen LogP contribution in [0.5, 0.6) is 5.75 Å². The van der Waals surface area contributed by atoms with E-state index in [4.69, 9.17) is 9.15 Å². The van der Waals surface area contributed by atoms with E-state index in [0.717, 1.165) is 24.8 Å². The number of carbonyl (C=O) groups excluding carboxylic acids is 1. The number of amides is 1. The SMILES string of the molecule is CCCCCOc1ccc(C2c3c(oc4ccccc4c3=O)C(=O)N2C2CCS(=O)(=O)C2)cc1. The zero-order chi connectivity index (χ0) is 23.9. The fourth-order valence-electron chi connectivity index (χ4n) is 4.92. The Kier molecular flexibility index (Phi) is 5.93. The first-order valence-electron chi connectivity index (χ1n) is 11.7. The maximum Gasteiger partial charge on any atom is 0.291 e. The summed E-state index contributed by atoms with van der Waals surface area (Å²) in [7, 11) is -3.24. The van der Waals surface area contributed by atoms with Gasteiger partial charge in [-0.05, 0) is 42.7 Å². The van der Waals surface area contributed by atoms with Gasteiger partial charge in [-0.1, -0.05) is 44.0 Å². The van der Waals surface area contributed by atoms with Gasteiger partial charge in [0, 0.05) is 6.04 Å². The van der Waals surface area contributed by atoms with Crippen molar-refractivity contribution < 1.29 is 22.4 Å². The number of para-hydroxylation sites is 1. The molecule has 5 rings (SSSR count). The third-order valence-corrected chi connectivity index (χ3v) is 8.38. The predicted octanol–water partition coefficient (Wildman–Crippen LogP) is 4.09. The van der Waals surface area contributed by atoms with Gasteiger partial charge in [0.05, 0.1) is 35.1 Å². The smallest absolute Gasteiger partial charge is 0.291 e. The van der Waals surface area contributed by atoms with Gasteiger partial charge in [-0.15, -0.1) is 0 Å². The highest BCUT2D eigenvalue weighted by Gasteiger charge is 2.48. The molecular formula is C26H27NO6S. The summed E-state index contributed by atoms with van der Waals surface area (Å²) in [5.41, 5.74) is 1.07. The van der Waals surface area contributed by atoms with Crippen molar-refractivity contribution in [2.45, 2.75) is 44.7 Å². The van der Waals surface area contributed by atoms with Crippen LogP contribution in [0.4, 0.5) is 0 Å². The number of sulfone groups is 1. The standard InChI is InChI=1S/C26H27NO6S/c1-2-3-6-14-32-19-11-9-17(10-12-19)23-22-24(28)20-7-4-5-8-21(20)33-25(22)26(29)27(23)18-13-15-34(30,31)16-18/h4-5,7-12,18,23H,2-3,6,13-16H2,1H3. The second-order valence-corrected chi connectivity index (χ2v) is 11.2. The van der Waals surface area contributed by atoms with E-state index in [1.165, 1.54) is 4.90 Å². The van der Waals surface area contributed by atoms with Gasteiger partial charge in [0.1, 0.15) is 11.3 Å². The molecular weight excluding hydrogens is 454 g/mol. The average Bonchev–Trinajstić information content (AvgIpc) is 3.33. The Balaban J connectivity index is 1.57. The van der Waals surface area contributed by atoms with Crippen molar-refractivity contribution >= 4 is 26.7 Å². The van der Waals surface area contributed by atoms with Crippen LogP contribution in [0.1, 0.15) is 60.3 Å². The molecule has 3 heterocycles. The molecule has 0 spiro atoms. The molecule has 2 aliphatic rings. The van der Waals surface area contributed by atoms with Crippen LogP contribution in [0.15, 0.2) is 57.7 Å². The number of unbranched alkanes of at least 4 members (excludes halogenated alkanes) is 2. The van der Waals surface area contributed by atoms with Crippen molar-refractivity contribution in [3.63, 3.8) is 0 Å². The summed E-state index contributed by atoms with van der Waals surface area (Å²) in [6.45, 7) is 2.76. The first-order chi connectivity index (χ1) is 16.4. The van der Waals surface area contributed by atoms with Crippen LogP contribution in [0.25, 0.3) is 11.0 Å². The molecule has 34 heavy (non-hydrogen) atoms. The van der Waals surface area contributed by atoms with Gasteiger partial charge in [0.2, 0.25) is 5.76 Å². The van der Waals surface area contributed by atoms with E-state index in [1.807, 2.05) is 24.3 Å². The summed E-state index contributed by atoms with van der Waals surface area (Å²) >= 11 is 0. The molecule has 0 bridgehead atoms. The highest BCUT2D eigenvalue weighted by molar-refractivity contribution is 7.91. The second-order valence-electron chi connectivity index (χ2n) is 8.97. The number of hydrogen-bond acceptors (Lipinski definition) is 6. The zero-order valence-electron chi connectivity index (χ0n) is 19.0. The molecule has 178 valence electrons. The lowest BCUT2D eigenvalue weighted by Crippen LogP contribution is -2.40. The summed E-state index contributed by atoms with van der Waals surface area (Å²) in [6.07, 6.45) is 3.52. The Morgan fingerprint density at radius 2 is 1.82 bits per heavy atom. The number of rotatable bonds is 7. The molecule has 1 saturated heterocycles. The number of nitrogens with zero attached hydrogens (tertiary/aromatic N) is 1. The molecule has 2 unspecified atom stereocenters. The molecule has 8 heteroatoms. The van der Waals surface area contributed by atoms with Crippen LogP contribution in [0.3, 0.4) is 0 Å². The molecule has 1 amide bonds. The van der Waals surface area contributed by atoms with Gasteiger partial charge >= 0.3 is 0 Å². The molecule has 3 aromatic rings. The molecule has 0 N–H and O–H groups in total. The molecule has 2 aromatic carbocycles. The Hall–Kier alpha value is -3.13. The van der Waals surface area contributed by atoms with Crippen molar-refractivity contribution in [2.24, 2.45) is 0 Å². The van der Waals surface area contributed by atoms with Crippen molar-refractivity contribution in [3.05, 3.63) is 75.6 Å². The zero-order valence-corrected chi connectivity index (χ0v) is 19.8. The molecule has 0 radical (unpaired) electrons. The van der Waals surface area contributed by atoms with Crippen LogP contribution in [0, 0.1) is 0 Å². The van der Waals surface area contributed by atoms with Crippen molar-refractivity contribution in [2.75, 3.05) is 18.1 Å². The Labute approximate surface area is 198 Å². The lowest BCUT2D eigenvalue weighted by Gasteiger charge is -2.30. The van der Waals surface area contributed by atoms with Gasteiger partial charge in [-0.25, -0.2) is 8.42 Å². The third-order valence-electron chi connectivity index (χ3n) is 6.63. The number of hydrogen-bond donors (Lipinski definition) is 0. The highest BCUT2D eigenvalue weighted by Crippen LogP contribution is 2.41. The van der Waals surface area contributed by atoms with E-state index in [1.54, 1.807) is 24.3 Å². The maximum absolute atomic E-state index is 13.5. The average molecular weight is 482 g/mol. The largest absolute Gasteiger partial charge is 0.494 e. The monoisotopic (exact) mass is 481 g/mol. The van der Waals surface area contributed by atoms with Gasteiger partial charge in [-0.3, -0.25) is 9.59 Å². The van der Waals surface area contributed by atoms with Crippen molar-refractivity contribution in [1.29, 1.82) is 0 Å². The van der Waals surface area contributed by atoms with Crippen LogP contribution in [0.2, 0.25) is 0 Å². The first kappa shape index (κ1) is 22.7. The molecule has 7 nitrogen and oxygen atoms in total. The lowest BCUT2D eigenvalue weighted by atomic mass is 9.97. The van der Waals surface area contributed by atoms with Gasteiger partial charge < -0.3 is 14.1 Å². The molecule has 2 aliphatic heterocycles. The maximum atomic E-state index is 13.5. The molecule has 1 fully saturated rings. The van der Waals surface area contributed by atoms with Crippen molar-refractivity contribution in [1.82, 2.24) is 4.90 Å². The van der Waals surface area contributed by atoms with E-state index < -0.39 is 27.8 Å². The Morgan fingerprint density at radius 1 is 1.06 bits per heavy atom. The molecule has 0 aliphatic carbocycles. The molecule has 2 atom stereocenters.